The second-order valence-electron chi connectivity index (χ2n) is 6.86. The van der Waals surface area contributed by atoms with Crippen LogP contribution in [0, 0.1) is 0 Å². The fourth-order valence-electron chi connectivity index (χ4n) is 3.16. The van der Waals surface area contributed by atoms with Gasteiger partial charge in [-0.1, -0.05) is 42.5 Å². The Hall–Kier alpha value is -2.22. The highest BCUT2D eigenvalue weighted by molar-refractivity contribution is 7.89. The number of aryl methyl sites for hydroxylation is 1. The summed E-state index contributed by atoms with van der Waals surface area (Å²) < 4.78 is 31.9. The van der Waals surface area contributed by atoms with Gasteiger partial charge in [0.05, 0.1) is 24.2 Å². The topological polar surface area (TPSA) is 75.7 Å². The Morgan fingerprint density at radius 1 is 1.07 bits per heavy atom. The molecule has 0 bridgehead atoms. The van der Waals surface area contributed by atoms with Gasteiger partial charge in [0.1, 0.15) is 0 Å². The van der Waals surface area contributed by atoms with Gasteiger partial charge in [0.25, 0.3) is 0 Å². The maximum absolute atomic E-state index is 12.6. The number of amides is 1. The molecular formula is C21H26N2O4S. The average Bonchev–Trinajstić information content (AvgIpc) is 2.74. The molecule has 7 heteroatoms. The lowest BCUT2D eigenvalue weighted by atomic mass is 10.1. The van der Waals surface area contributed by atoms with Gasteiger partial charge in [0.2, 0.25) is 15.9 Å². The average molecular weight is 403 g/mol. The van der Waals surface area contributed by atoms with Gasteiger partial charge in [-0.25, -0.2) is 8.42 Å². The third-order valence-corrected chi connectivity index (χ3v) is 6.76. The number of rotatable bonds is 7. The van der Waals surface area contributed by atoms with Crippen molar-refractivity contribution < 1.29 is 17.9 Å². The number of nitrogens with zero attached hydrogens (tertiary/aromatic N) is 1. The zero-order valence-corrected chi connectivity index (χ0v) is 16.8. The van der Waals surface area contributed by atoms with Gasteiger partial charge >= 0.3 is 0 Å². The predicted molar refractivity (Wildman–Crippen MR) is 107 cm³/mol. The standard InChI is InChI=1S/C21H26N2O4S/c1-17(19-5-3-2-4-6-19)22-21(24)12-9-18-7-10-20(11-8-18)28(25,26)23-13-15-27-16-14-23/h2-8,10-11,17H,9,12-16H2,1H3,(H,22,24)/t17-/m0/s1. The Bertz CT molecular complexity index is 876. The first-order valence-corrected chi connectivity index (χ1v) is 10.9. The lowest BCUT2D eigenvalue weighted by molar-refractivity contribution is -0.121. The van der Waals surface area contributed by atoms with E-state index < -0.39 is 10.0 Å². The van der Waals surface area contributed by atoms with E-state index in [0.717, 1.165) is 11.1 Å². The second-order valence-corrected chi connectivity index (χ2v) is 8.80. The van der Waals surface area contributed by atoms with Crippen LogP contribution in [0.5, 0.6) is 0 Å². The first-order chi connectivity index (χ1) is 13.5. The molecule has 6 nitrogen and oxygen atoms in total. The smallest absolute Gasteiger partial charge is 0.243 e. The highest BCUT2D eigenvalue weighted by Crippen LogP contribution is 2.18. The van der Waals surface area contributed by atoms with Gasteiger partial charge in [-0.3, -0.25) is 4.79 Å². The maximum Gasteiger partial charge on any atom is 0.243 e. The molecule has 3 rings (SSSR count). The summed E-state index contributed by atoms with van der Waals surface area (Å²) in [5.41, 5.74) is 2.00. The van der Waals surface area contributed by atoms with Crippen molar-refractivity contribution in [3.63, 3.8) is 0 Å². The van der Waals surface area contributed by atoms with Gasteiger partial charge in [-0.15, -0.1) is 0 Å². The second kappa shape index (κ2) is 9.32. The van der Waals surface area contributed by atoms with Crippen LogP contribution in [0.4, 0.5) is 0 Å². The summed E-state index contributed by atoms with van der Waals surface area (Å²) in [5.74, 6) is -0.0265. The van der Waals surface area contributed by atoms with Crippen LogP contribution in [-0.4, -0.2) is 44.9 Å². The minimum absolute atomic E-state index is 0.0265. The zero-order chi connectivity index (χ0) is 20.0. The van der Waals surface area contributed by atoms with E-state index in [0.29, 0.717) is 39.1 Å². The van der Waals surface area contributed by atoms with Crippen molar-refractivity contribution in [2.45, 2.75) is 30.7 Å². The summed E-state index contributed by atoms with van der Waals surface area (Å²) in [6, 6.07) is 16.6. The van der Waals surface area contributed by atoms with Crippen LogP contribution in [0.3, 0.4) is 0 Å². The maximum atomic E-state index is 12.6. The Labute approximate surface area is 166 Å². The van der Waals surface area contributed by atoms with E-state index in [2.05, 4.69) is 5.32 Å². The highest BCUT2D eigenvalue weighted by atomic mass is 32.2. The molecule has 1 aliphatic rings. The molecule has 1 aliphatic heterocycles. The van der Waals surface area contributed by atoms with E-state index in [1.54, 1.807) is 24.3 Å². The summed E-state index contributed by atoms with van der Waals surface area (Å²) in [6.45, 7) is 3.56. The number of carbonyl (C=O) groups is 1. The molecule has 0 aromatic heterocycles. The van der Waals surface area contributed by atoms with Crippen LogP contribution in [0.25, 0.3) is 0 Å². The molecule has 2 aromatic rings. The summed E-state index contributed by atoms with van der Waals surface area (Å²) >= 11 is 0. The number of morpholine rings is 1. The van der Waals surface area contributed by atoms with E-state index in [4.69, 9.17) is 4.74 Å². The largest absolute Gasteiger partial charge is 0.379 e. The quantitative estimate of drug-likeness (QED) is 0.772. The molecule has 1 amide bonds. The monoisotopic (exact) mass is 402 g/mol. The van der Waals surface area contributed by atoms with E-state index in [9.17, 15) is 13.2 Å². The Morgan fingerprint density at radius 2 is 1.71 bits per heavy atom. The van der Waals surface area contributed by atoms with E-state index in [1.165, 1.54) is 4.31 Å². The summed E-state index contributed by atoms with van der Waals surface area (Å²) in [4.78, 5) is 12.5. The van der Waals surface area contributed by atoms with Crippen molar-refractivity contribution >= 4 is 15.9 Å². The fourth-order valence-corrected chi connectivity index (χ4v) is 4.57. The number of benzene rings is 2. The molecule has 150 valence electrons. The van der Waals surface area contributed by atoms with E-state index in [1.807, 2.05) is 37.3 Å². The highest BCUT2D eigenvalue weighted by Gasteiger charge is 2.26. The van der Waals surface area contributed by atoms with Crippen LogP contribution in [-0.2, 0) is 26.0 Å². The molecule has 28 heavy (non-hydrogen) atoms. The molecule has 1 fully saturated rings. The minimum atomic E-state index is -3.48. The van der Waals surface area contributed by atoms with Crippen molar-refractivity contribution in [3.8, 4) is 0 Å². The number of carbonyl (C=O) groups excluding carboxylic acids is 1. The van der Waals surface area contributed by atoms with E-state index >= 15 is 0 Å². The molecule has 1 heterocycles. The molecule has 0 aliphatic carbocycles. The van der Waals surface area contributed by atoms with Crippen molar-refractivity contribution in [2.24, 2.45) is 0 Å². The third-order valence-electron chi connectivity index (χ3n) is 4.85. The van der Waals surface area contributed by atoms with Crippen molar-refractivity contribution in [3.05, 3.63) is 65.7 Å². The van der Waals surface area contributed by atoms with Crippen LogP contribution in [0.1, 0.15) is 30.5 Å². The van der Waals surface area contributed by atoms with Gasteiger partial charge in [-0.2, -0.15) is 4.31 Å². The fraction of sp³-hybridized carbons (Fsp3) is 0.381. The number of ether oxygens (including phenoxy) is 1. The van der Waals surface area contributed by atoms with Crippen molar-refractivity contribution in [2.75, 3.05) is 26.3 Å². The molecular weight excluding hydrogens is 376 g/mol. The van der Waals surface area contributed by atoms with Gasteiger partial charge in [0, 0.05) is 19.5 Å². The SMILES string of the molecule is C[C@H](NC(=O)CCc1ccc(S(=O)(=O)N2CCOCC2)cc1)c1ccccc1. The van der Waals surface area contributed by atoms with Crippen LogP contribution in [0.15, 0.2) is 59.5 Å². The molecule has 2 aromatic carbocycles. The molecule has 0 unspecified atom stereocenters. The number of hydrogen-bond acceptors (Lipinski definition) is 4. The Kier molecular flexibility index (Phi) is 6.83. The van der Waals surface area contributed by atoms with Crippen LogP contribution < -0.4 is 5.32 Å². The van der Waals surface area contributed by atoms with E-state index in [-0.39, 0.29) is 16.8 Å². The zero-order valence-electron chi connectivity index (χ0n) is 16.0. The number of hydrogen-bond donors (Lipinski definition) is 1. The Balaban J connectivity index is 1.53. The first kappa shape index (κ1) is 20.5. The summed E-state index contributed by atoms with van der Waals surface area (Å²) in [7, 11) is -3.48. The third kappa shape index (κ3) is 5.19. The lowest BCUT2D eigenvalue weighted by Gasteiger charge is -2.26. The molecule has 1 N–H and O–H groups in total. The molecule has 1 saturated heterocycles. The van der Waals surface area contributed by atoms with Crippen molar-refractivity contribution in [1.82, 2.24) is 9.62 Å². The first-order valence-electron chi connectivity index (χ1n) is 9.48. The van der Waals surface area contributed by atoms with Crippen LogP contribution >= 0.6 is 0 Å². The number of sulfonamides is 1. The molecule has 0 radical (unpaired) electrons. The van der Waals surface area contributed by atoms with Crippen molar-refractivity contribution in [1.29, 1.82) is 0 Å². The summed E-state index contributed by atoms with van der Waals surface area (Å²) in [6.07, 6.45) is 0.915. The Morgan fingerprint density at radius 3 is 2.36 bits per heavy atom. The molecule has 1 atom stereocenters. The number of nitrogens with one attached hydrogen (secondary N) is 1. The normalized spacial score (nSPS) is 16.5. The van der Waals surface area contributed by atoms with Gasteiger partial charge < -0.3 is 10.1 Å². The lowest BCUT2D eigenvalue weighted by Crippen LogP contribution is -2.40. The van der Waals surface area contributed by atoms with Gasteiger partial charge in [0.15, 0.2) is 0 Å². The van der Waals surface area contributed by atoms with Crippen LogP contribution in [0.2, 0.25) is 0 Å². The summed E-state index contributed by atoms with van der Waals surface area (Å²) in [5, 5.41) is 2.99. The molecule has 0 spiro atoms. The minimum Gasteiger partial charge on any atom is -0.379 e. The predicted octanol–water partition coefficient (Wildman–Crippen LogP) is 2.52. The van der Waals surface area contributed by atoms with Gasteiger partial charge in [-0.05, 0) is 36.6 Å². The molecule has 0 saturated carbocycles.